The number of aromatic nitrogens is 2. The van der Waals surface area contributed by atoms with Crippen LogP contribution in [0.1, 0.15) is 35.0 Å². The zero-order chi connectivity index (χ0) is 22.1. The SMILES string of the molecule is CC1=C(C(=O)NCc2cccc(F)c2)c2cccc(F)c2CN1Cc1cc(C)n(C)n1. The minimum atomic E-state index is -0.357. The lowest BCUT2D eigenvalue weighted by atomic mass is 9.92. The predicted octanol–water partition coefficient (Wildman–Crippen LogP) is 4.07. The zero-order valence-electron chi connectivity index (χ0n) is 17.7. The van der Waals surface area contributed by atoms with Crippen LogP contribution in [0.25, 0.3) is 5.57 Å². The van der Waals surface area contributed by atoms with E-state index in [1.165, 1.54) is 18.2 Å². The van der Waals surface area contributed by atoms with E-state index in [-0.39, 0.29) is 24.1 Å². The number of carbonyl (C=O) groups excluding carboxylic acids is 1. The fourth-order valence-electron chi connectivity index (χ4n) is 3.90. The fraction of sp³-hybridized carbons (Fsp3) is 0.250. The number of amides is 1. The fourth-order valence-corrected chi connectivity index (χ4v) is 3.90. The number of fused-ring (bicyclic) bond motifs is 1. The van der Waals surface area contributed by atoms with Gasteiger partial charge in [0.25, 0.3) is 5.91 Å². The van der Waals surface area contributed by atoms with E-state index < -0.39 is 0 Å². The molecule has 5 nitrogen and oxygen atoms in total. The van der Waals surface area contributed by atoms with Crippen molar-refractivity contribution in [1.29, 1.82) is 0 Å². The van der Waals surface area contributed by atoms with Crippen molar-refractivity contribution < 1.29 is 13.6 Å². The van der Waals surface area contributed by atoms with Gasteiger partial charge in [0.15, 0.2) is 0 Å². The summed E-state index contributed by atoms with van der Waals surface area (Å²) >= 11 is 0. The summed E-state index contributed by atoms with van der Waals surface area (Å²) in [7, 11) is 1.87. The van der Waals surface area contributed by atoms with Gasteiger partial charge in [-0.1, -0.05) is 24.3 Å². The van der Waals surface area contributed by atoms with Crippen LogP contribution in [0.3, 0.4) is 0 Å². The number of hydrogen-bond acceptors (Lipinski definition) is 3. The summed E-state index contributed by atoms with van der Waals surface area (Å²) in [6.45, 7) is 4.82. The number of nitrogens with zero attached hydrogens (tertiary/aromatic N) is 3. The second-order valence-electron chi connectivity index (χ2n) is 7.80. The quantitative estimate of drug-likeness (QED) is 0.674. The number of benzene rings is 2. The summed E-state index contributed by atoms with van der Waals surface area (Å²) in [4.78, 5) is 15.1. The Morgan fingerprint density at radius 2 is 1.90 bits per heavy atom. The van der Waals surface area contributed by atoms with Crippen molar-refractivity contribution in [2.45, 2.75) is 33.5 Å². The highest BCUT2D eigenvalue weighted by atomic mass is 19.1. The van der Waals surface area contributed by atoms with Crippen LogP contribution < -0.4 is 5.32 Å². The highest BCUT2D eigenvalue weighted by Gasteiger charge is 2.29. The molecule has 7 heteroatoms. The topological polar surface area (TPSA) is 50.2 Å². The molecule has 0 saturated carbocycles. The molecular weight excluding hydrogens is 398 g/mol. The van der Waals surface area contributed by atoms with Crippen LogP contribution in [0, 0.1) is 18.6 Å². The van der Waals surface area contributed by atoms with E-state index in [1.54, 1.807) is 28.9 Å². The van der Waals surface area contributed by atoms with Crippen LogP contribution in [0.5, 0.6) is 0 Å². The molecule has 0 atom stereocenters. The van der Waals surface area contributed by atoms with Crippen molar-refractivity contribution >= 4 is 11.5 Å². The number of allylic oxidation sites excluding steroid dienone is 1. The van der Waals surface area contributed by atoms with E-state index in [4.69, 9.17) is 0 Å². The molecule has 1 aromatic heterocycles. The van der Waals surface area contributed by atoms with E-state index in [1.807, 2.05) is 31.9 Å². The molecule has 1 aliphatic heterocycles. The van der Waals surface area contributed by atoms with Crippen molar-refractivity contribution in [3.8, 4) is 0 Å². The molecule has 160 valence electrons. The predicted molar refractivity (Wildman–Crippen MR) is 114 cm³/mol. The Bertz CT molecular complexity index is 1160. The van der Waals surface area contributed by atoms with E-state index >= 15 is 0 Å². The van der Waals surface area contributed by atoms with E-state index in [0.29, 0.717) is 35.4 Å². The van der Waals surface area contributed by atoms with Crippen LogP contribution in [-0.2, 0) is 31.5 Å². The Morgan fingerprint density at radius 3 is 2.61 bits per heavy atom. The molecule has 2 aromatic carbocycles. The minimum Gasteiger partial charge on any atom is -0.364 e. The normalized spacial score (nSPS) is 13.4. The maximum absolute atomic E-state index is 14.7. The Kier molecular flexibility index (Phi) is 5.59. The standard InChI is InChI=1S/C24H24F2N4O/c1-15-10-19(28-29(15)3)13-30-14-21-20(8-5-9-22(21)26)23(16(30)2)24(31)27-12-17-6-4-7-18(25)11-17/h4-11H,12-14H2,1-3H3,(H,27,31). The van der Waals surface area contributed by atoms with E-state index in [9.17, 15) is 13.6 Å². The van der Waals surface area contributed by atoms with Crippen molar-refractivity contribution in [2.75, 3.05) is 0 Å². The summed E-state index contributed by atoms with van der Waals surface area (Å²) in [5.74, 6) is -1.03. The van der Waals surface area contributed by atoms with Gasteiger partial charge in [0, 0.05) is 37.1 Å². The first kappa shape index (κ1) is 20.8. The van der Waals surface area contributed by atoms with Gasteiger partial charge < -0.3 is 10.2 Å². The molecule has 0 aliphatic carbocycles. The smallest absolute Gasteiger partial charge is 0.253 e. The maximum atomic E-state index is 14.7. The molecule has 2 heterocycles. The average Bonchev–Trinajstić information content (AvgIpc) is 3.04. The molecule has 0 fully saturated rings. The van der Waals surface area contributed by atoms with Gasteiger partial charge in [0.05, 0.1) is 17.8 Å². The molecular formula is C24H24F2N4O. The minimum absolute atomic E-state index is 0.178. The van der Waals surface area contributed by atoms with E-state index in [2.05, 4.69) is 10.4 Å². The maximum Gasteiger partial charge on any atom is 0.253 e. The lowest BCUT2D eigenvalue weighted by Crippen LogP contribution is -2.33. The average molecular weight is 422 g/mol. The van der Waals surface area contributed by atoms with Crippen LogP contribution in [0.4, 0.5) is 8.78 Å². The van der Waals surface area contributed by atoms with Gasteiger partial charge in [0.2, 0.25) is 0 Å². The first-order valence-electron chi connectivity index (χ1n) is 10.1. The largest absolute Gasteiger partial charge is 0.364 e. The highest BCUT2D eigenvalue weighted by Crippen LogP contribution is 2.34. The molecule has 0 radical (unpaired) electrons. The number of nitrogens with one attached hydrogen (secondary N) is 1. The van der Waals surface area contributed by atoms with Gasteiger partial charge in [-0.15, -0.1) is 0 Å². The van der Waals surface area contributed by atoms with Gasteiger partial charge in [-0.25, -0.2) is 8.78 Å². The van der Waals surface area contributed by atoms with Crippen LogP contribution in [0.2, 0.25) is 0 Å². The Balaban J connectivity index is 1.65. The number of rotatable bonds is 5. The van der Waals surface area contributed by atoms with Gasteiger partial charge in [-0.05, 0) is 49.2 Å². The second kappa shape index (κ2) is 8.34. The molecule has 0 bridgehead atoms. The molecule has 1 N–H and O–H groups in total. The van der Waals surface area contributed by atoms with Crippen LogP contribution >= 0.6 is 0 Å². The molecule has 0 unspecified atom stereocenters. The third-order valence-corrected chi connectivity index (χ3v) is 5.66. The molecule has 4 rings (SSSR count). The van der Waals surface area contributed by atoms with E-state index in [0.717, 1.165) is 17.1 Å². The number of aryl methyl sites for hydroxylation is 2. The molecule has 1 aliphatic rings. The van der Waals surface area contributed by atoms with Crippen LogP contribution in [0.15, 0.2) is 54.2 Å². The second-order valence-corrected chi connectivity index (χ2v) is 7.80. The number of hydrogen-bond donors (Lipinski definition) is 1. The van der Waals surface area contributed by atoms with Gasteiger partial charge in [-0.3, -0.25) is 9.48 Å². The molecule has 31 heavy (non-hydrogen) atoms. The van der Waals surface area contributed by atoms with Gasteiger partial charge in [0.1, 0.15) is 11.6 Å². The summed E-state index contributed by atoms with van der Waals surface area (Å²) in [6.07, 6.45) is 0. The Morgan fingerprint density at radius 1 is 1.13 bits per heavy atom. The van der Waals surface area contributed by atoms with Gasteiger partial charge >= 0.3 is 0 Å². The summed E-state index contributed by atoms with van der Waals surface area (Å²) in [5.41, 5.74) is 4.76. The van der Waals surface area contributed by atoms with Crippen molar-refractivity contribution in [2.24, 2.45) is 7.05 Å². The molecule has 0 spiro atoms. The van der Waals surface area contributed by atoms with Crippen molar-refractivity contribution in [1.82, 2.24) is 20.0 Å². The lowest BCUT2D eigenvalue weighted by Gasteiger charge is -2.33. The van der Waals surface area contributed by atoms with Crippen molar-refractivity contribution in [3.63, 3.8) is 0 Å². The monoisotopic (exact) mass is 422 g/mol. The molecule has 0 saturated heterocycles. The zero-order valence-corrected chi connectivity index (χ0v) is 17.7. The summed E-state index contributed by atoms with van der Waals surface area (Å²) < 4.78 is 29.9. The molecule has 1 amide bonds. The first-order chi connectivity index (χ1) is 14.8. The number of carbonyl (C=O) groups is 1. The highest BCUT2D eigenvalue weighted by molar-refractivity contribution is 6.21. The Labute approximate surface area is 180 Å². The lowest BCUT2D eigenvalue weighted by molar-refractivity contribution is -0.115. The summed E-state index contributed by atoms with van der Waals surface area (Å²) in [6, 6.07) is 12.8. The summed E-state index contributed by atoms with van der Waals surface area (Å²) in [5, 5.41) is 7.35. The third kappa shape index (κ3) is 4.21. The van der Waals surface area contributed by atoms with Crippen LogP contribution in [-0.4, -0.2) is 20.6 Å². The van der Waals surface area contributed by atoms with Gasteiger partial charge in [-0.2, -0.15) is 5.10 Å². The van der Waals surface area contributed by atoms with Crippen molar-refractivity contribution in [3.05, 3.63) is 93.9 Å². The first-order valence-corrected chi connectivity index (χ1v) is 10.1. The molecule has 3 aromatic rings. The number of halogens is 2. The third-order valence-electron chi connectivity index (χ3n) is 5.66. The Hall–Kier alpha value is -3.48.